The van der Waals surface area contributed by atoms with E-state index >= 15 is 0 Å². The second kappa shape index (κ2) is 7.93. The van der Waals surface area contributed by atoms with Crippen molar-refractivity contribution in [3.63, 3.8) is 0 Å². The Morgan fingerprint density at radius 1 is 0.862 bits per heavy atom. The lowest BCUT2D eigenvalue weighted by molar-refractivity contribution is 0.0526. The van der Waals surface area contributed by atoms with Gasteiger partial charge >= 0.3 is 0 Å². The molecule has 0 amide bonds. The zero-order valence-corrected chi connectivity index (χ0v) is 16.6. The normalized spacial score (nSPS) is 20.2. The molecular formula is C22H25N5O2. The maximum absolute atomic E-state index is 5.70. The first-order valence-electron chi connectivity index (χ1n) is 10.2. The van der Waals surface area contributed by atoms with E-state index in [0.717, 1.165) is 60.2 Å². The molecular weight excluding hydrogens is 366 g/mol. The first kappa shape index (κ1) is 18.3. The Hall–Kier alpha value is -2.77. The van der Waals surface area contributed by atoms with E-state index in [2.05, 4.69) is 41.0 Å². The van der Waals surface area contributed by atoms with Crippen molar-refractivity contribution in [3.8, 4) is 11.3 Å². The number of pyridine rings is 1. The van der Waals surface area contributed by atoms with E-state index in [4.69, 9.17) is 24.4 Å². The number of benzene rings is 1. The minimum atomic E-state index is 0.165. The molecule has 7 nitrogen and oxygen atoms in total. The third-order valence-electron chi connectivity index (χ3n) is 5.43. The highest BCUT2D eigenvalue weighted by molar-refractivity contribution is 5.89. The van der Waals surface area contributed by atoms with Crippen LogP contribution in [0.4, 0.5) is 11.8 Å². The van der Waals surface area contributed by atoms with Crippen LogP contribution in [0.15, 0.2) is 42.5 Å². The van der Waals surface area contributed by atoms with E-state index in [9.17, 15) is 0 Å². The van der Waals surface area contributed by atoms with Crippen molar-refractivity contribution in [2.75, 3.05) is 55.8 Å². The van der Waals surface area contributed by atoms with Gasteiger partial charge in [-0.15, -0.1) is 0 Å². The molecule has 3 aromatic rings. The number of hydrogen-bond donors (Lipinski definition) is 0. The highest BCUT2D eigenvalue weighted by atomic mass is 16.5. The molecule has 0 spiro atoms. The van der Waals surface area contributed by atoms with Crippen LogP contribution in [0.1, 0.15) is 6.92 Å². The number of rotatable bonds is 3. The van der Waals surface area contributed by atoms with Crippen molar-refractivity contribution >= 4 is 22.8 Å². The van der Waals surface area contributed by atoms with Crippen LogP contribution >= 0.6 is 0 Å². The number of aromatic nitrogens is 3. The van der Waals surface area contributed by atoms with Crippen molar-refractivity contribution in [1.82, 2.24) is 15.0 Å². The van der Waals surface area contributed by atoms with Crippen molar-refractivity contribution < 1.29 is 9.47 Å². The van der Waals surface area contributed by atoms with Crippen molar-refractivity contribution in [2.24, 2.45) is 0 Å². The number of ether oxygens (including phenoxy) is 2. The molecule has 1 aromatic carbocycles. The van der Waals surface area contributed by atoms with Gasteiger partial charge in [-0.3, -0.25) is 0 Å². The smallest absolute Gasteiger partial charge is 0.229 e. The lowest BCUT2D eigenvalue weighted by Crippen LogP contribution is -2.42. The van der Waals surface area contributed by atoms with E-state index in [1.807, 2.05) is 18.2 Å². The fraction of sp³-hybridized carbons (Fsp3) is 0.409. The van der Waals surface area contributed by atoms with Gasteiger partial charge < -0.3 is 19.3 Å². The maximum Gasteiger partial charge on any atom is 0.229 e. The SMILES string of the molecule is C[C@H]1CN(c2nc(N3CCOCC3)c3ccc(-c4ccccc4)nc3n2)CCO1. The summed E-state index contributed by atoms with van der Waals surface area (Å²) in [7, 11) is 0. The number of morpholine rings is 2. The molecule has 0 aliphatic carbocycles. The molecule has 0 saturated carbocycles. The molecule has 1 atom stereocenters. The number of fused-ring (bicyclic) bond motifs is 1. The molecule has 150 valence electrons. The van der Waals surface area contributed by atoms with Gasteiger partial charge in [-0.2, -0.15) is 9.97 Å². The molecule has 4 heterocycles. The lowest BCUT2D eigenvalue weighted by atomic mass is 10.1. The molecule has 5 rings (SSSR count). The van der Waals surface area contributed by atoms with Crippen LogP contribution < -0.4 is 9.80 Å². The van der Waals surface area contributed by atoms with Crippen LogP contribution in [0, 0.1) is 0 Å². The summed E-state index contributed by atoms with van der Waals surface area (Å²) in [6, 6.07) is 14.4. The van der Waals surface area contributed by atoms with E-state index in [1.165, 1.54) is 0 Å². The summed E-state index contributed by atoms with van der Waals surface area (Å²) in [6.45, 7) is 7.42. The summed E-state index contributed by atoms with van der Waals surface area (Å²) >= 11 is 0. The van der Waals surface area contributed by atoms with Crippen LogP contribution in [0.25, 0.3) is 22.3 Å². The standard InChI is InChI=1S/C22H25N5O2/c1-16-15-27(11-14-29-16)22-24-20-18(21(25-22)26-9-12-28-13-10-26)7-8-19(23-20)17-5-3-2-4-6-17/h2-8,16H,9-15H2,1H3/t16-/m0/s1. The van der Waals surface area contributed by atoms with E-state index < -0.39 is 0 Å². The predicted molar refractivity (Wildman–Crippen MR) is 113 cm³/mol. The summed E-state index contributed by atoms with van der Waals surface area (Å²) in [4.78, 5) is 19.2. The molecule has 0 radical (unpaired) electrons. The number of nitrogens with zero attached hydrogens (tertiary/aromatic N) is 5. The molecule has 2 fully saturated rings. The topological polar surface area (TPSA) is 63.6 Å². The summed E-state index contributed by atoms with van der Waals surface area (Å²) in [5.41, 5.74) is 2.74. The van der Waals surface area contributed by atoms with Gasteiger partial charge in [0.2, 0.25) is 5.95 Å². The first-order valence-corrected chi connectivity index (χ1v) is 10.2. The van der Waals surface area contributed by atoms with Crippen LogP contribution in [0.5, 0.6) is 0 Å². The zero-order chi connectivity index (χ0) is 19.6. The van der Waals surface area contributed by atoms with Crippen LogP contribution in [0.3, 0.4) is 0 Å². The Kier molecular flexibility index (Phi) is 4.99. The number of anilines is 2. The van der Waals surface area contributed by atoms with Gasteiger partial charge in [-0.25, -0.2) is 4.98 Å². The van der Waals surface area contributed by atoms with Gasteiger partial charge in [0, 0.05) is 31.7 Å². The molecule has 0 unspecified atom stereocenters. The summed E-state index contributed by atoms with van der Waals surface area (Å²) in [6.07, 6.45) is 0.165. The van der Waals surface area contributed by atoms with Gasteiger partial charge in [-0.05, 0) is 19.1 Å². The van der Waals surface area contributed by atoms with Gasteiger partial charge in [0.25, 0.3) is 0 Å². The Morgan fingerprint density at radius 2 is 1.66 bits per heavy atom. The van der Waals surface area contributed by atoms with Gasteiger partial charge in [0.15, 0.2) is 5.65 Å². The van der Waals surface area contributed by atoms with Gasteiger partial charge in [-0.1, -0.05) is 30.3 Å². The third-order valence-corrected chi connectivity index (χ3v) is 5.43. The Morgan fingerprint density at radius 3 is 2.45 bits per heavy atom. The average molecular weight is 391 g/mol. The molecule has 2 aliphatic rings. The highest BCUT2D eigenvalue weighted by Gasteiger charge is 2.23. The molecule has 2 saturated heterocycles. The minimum absolute atomic E-state index is 0.165. The molecule has 2 aromatic heterocycles. The Bertz CT molecular complexity index is 991. The molecule has 2 aliphatic heterocycles. The maximum atomic E-state index is 5.70. The first-order chi connectivity index (χ1) is 14.3. The summed E-state index contributed by atoms with van der Waals surface area (Å²) < 4.78 is 11.2. The van der Waals surface area contributed by atoms with Crippen LogP contribution in [-0.4, -0.2) is 67.1 Å². The molecule has 29 heavy (non-hydrogen) atoms. The summed E-state index contributed by atoms with van der Waals surface area (Å²) in [5.74, 6) is 1.67. The second-order valence-corrected chi connectivity index (χ2v) is 7.51. The van der Waals surface area contributed by atoms with Gasteiger partial charge in [0.05, 0.1) is 37.0 Å². The molecule has 0 N–H and O–H groups in total. The van der Waals surface area contributed by atoms with Crippen molar-refractivity contribution in [2.45, 2.75) is 13.0 Å². The Balaban J connectivity index is 1.62. The third kappa shape index (κ3) is 3.75. The zero-order valence-electron chi connectivity index (χ0n) is 16.6. The minimum Gasteiger partial charge on any atom is -0.378 e. The molecule has 0 bridgehead atoms. The van der Waals surface area contributed by atoms with E-state index in [1.54, 1.807) is 0 Å². The van der Waals surface area contributed by atoms with Crippen LogP contribution in [0.2, 0.25) is 0 Å². The largest absolute Gasteiger partial charge is 0.378 e. The van der Waals surface area contributed by atoms with Crippen molar-refractivity contribution in [1.29, 1.82) is 0 Å². The number of hydrogen-bond acceptors (Lipinski definition) is 7. The fourth-order valence-electron chi connectivity index (χ4n) is 3.91. The summed E-state index contributed by atoms with van der Waals surface area (Å²) in [5, 5.41) is 0.983. The van der Waals surface area contributed by atoms with E-state index in [0.29, 0.717) is 19.8 Å². The monoisotopic (exact) mass is 391 g/mol. The van der Waals surface area contributed by atoms with Gasteiger partial charge in [0.1, 0.15) is 5.82 Å². The van der Waals surface area contributed by atoms with E-state index in [-0.39, 0.29) is 6.10 Å². The quantitative estimate of drug-likeness (QED) is 0.680. The Labute approximate surface area is 170 Å². The lowest BCUT2D eigenvalue weighted by Gasteiger charge is -2.33. The average Bonchev–Trinajstić information content (AvgIpc) is 2.79. The van der Waals surface area contributed by atoms with Crippen molar-refractivity contribution in [3.05, 3.63) is 42.5 Å². The van der Waals surface area contributed by atoms with Crippen LogP contribution in [-0.2, 0) is 9.47 Å². The highest BCUT2D eigenvalue weighted by Crippen LogP contribution is 2.29. The second-order valence-electron chi connectivity index (χ2n) is 7.51. The predicted octanol–water partition coefficient (Wildman–Crippen LogP) is 2.75. The molecule has 7 heteroatoms. The fourth-order valence-corrected chi connectivity index (χ4v) is 3.91.